The van der Waals surface area contributed by atoms with E-state index in [0.717, 1.165) is 0 Å². The van der Waals surface area contributed by atoms with Crippen LogP contribution in [-0.2, 0) is 19.2 Å². The van der Waals surface area contributed by atoms with Gasteiger partial charge in [0.25, 0.3) is 0 Å². The van der Waals surface area contributed by atoms with Gasteiger partial charge in [0, 0.05) is 46.6 Å². The van der Waals surface area contributed by atoms with Crippen LogP contribution in [0.4, 0.5) is 5.69 Å². The monoisotopic (exact) mass is 576 g/mol. The number of rotatable bonds is 12. The Balaban J connectivity index is 2.42. The van der Waals surface area contributed by atoms with Crippen molar-refractivity contribution < 1.29 is 38.1 Å². The maximum absolute atomic E-state index is 13.5. The summed E-state index contributed by atoms with van der Waals surface area (Å²) in [5.74, 6) is -2.87. The van der Waals surface area contributed by atoms with Gasteiger partial charge in [0.15, 0.2) is 5.69 Å². The van der Waals surface area contributed by atoms with Crippen LogP contribution >= 0.6 is 0 Å². The SMILES string of the molecule is C=C(C)C(=O)Oc1cc(/C=C/N[N+](C)([O-])c2cc(OC(=O)C(=C)C)cc(OC(=O)C(=C)C)c2)cc(OC(=O)C(=C)C)c1. The van der Waals surface area contributed by atoms with E-state index in [0.29, 0.717) is 5.56 Å². The third kappa shape index (κ3) is 9.73. The normalized spacial score (nSPS) is 12.0. The number of carbonyl (C=O) groups excluding carboxylic acids is 4. The van der Waals surface area contributed by atoms with Gasteiger partial charge in [-0.2, -0.15) is 0 Å². The highest BCUT2D eigenvalue weighted by Gasteiger charge is 2.20. The van der Waals surface area contributed by atoms with Crippen molar-refractivity contribution in [3.8, 4) is 23.0 Å². The molecular formula is C31H32N2O9. The molecule has 2 rings (SSSR count). The van der Waals surface area contributed by atoms with Crippen LogP contribution in [0.2, 0.25) is 0 Å². The number of nitrogens with one attached hydrogen (secondary N) is 1. The van der Waals surface area contributed by atoms with Gasteiger partial charge in [-0.3, -0.25) is 0 Å². The molecule has 0 aliphatic rings. The van der Waals surface area contributed by atoms with Crippen molar-refractivity contribution in [3.63, 3.8) is 0 Å². The van der Waals surface area contributed by atoms with E-state index < -0.39 is 28.6 Å². The second kappa shape index (κ2) is 13.9. The molecule has 2 aromatic carbocycles. The lowest BCUT2D eigenvalue weighted by Gasteiger charge is -2.36. The molecule has 11 nitrogen and oxygen atoms in total. The standard InChI is InChI=1S/C31H32N2O9/c1-18(2)28(34)39-24-12-22(13-25(16-24)40-29(35)19(3)4)10-11-32-33(9,38)23-14-26(41-30(36)20(5)6)17-27(15-23)42-31(37)21(7)8/h10-17,32H,1,3,5,7H2,2,4,6,8-9H3/b11-10+. The Morgan fingerprint density at radius 2 is 0.952 bits per heavy atom. The van der Waals surface area contributed by atoms with Crippen LogP contribution in [0.25, 0.3) is 6.08 Å². The van der Waals surface area contributed by atoms with E-state index in [1.165, 1.54) is 83.4 Å². The molecule has 0 radical (unpaired) electrons. The second-order valence-electron chi connectivity index (χ2n) is 9.47. The summed E-state index contributed by atoms with van der Waals surface area (Å²) in [7, 11) is 1.24. The molecule has 0 aliphatic carbocycles. The first-order valence-electron chi connectivity index (χ1n) is 12.3. The van der Waals surface area contributed by atoms with Gasteiger partial charge < -0.3 is 24.2 Å². The number of carbonyl (C=O) groups is 4. The summed E-state index contributed by atoms with van der Waals surface area (Å²) < 4.78 is 19.8. The molecule has 220 valence electrons. The average Bonchev–Trinajstić information content (AvgIpc) is 2.87. The Morgan fingerprint density at radius 1 is 0.643 bits per heavy atom. The molecule has 0 aromatic heterocycles. The first kappa shape index (κ1) is 32.9. The van der Waals surface area contributed by atoms with Crippen LogP contribution in [0.15, 0.2) is 91.2 Å². The predicted molar refractivity (Wildman–Crippen MR) is 158 cm³/mol. The van der Waals surface area contributed by atoms with E-state index >= 15 is 0 Å². The molecule has 0 bridgehead atoms. The molecule has 1 atom stereocenters. The number of hydrogen-bond acceptors (Lipinski definition) is 10. The lowest BCUT2D eigenvalue weighted by Crippen LogP contribution is -2.48. The molecule has 0 heterocycles. The molecule has 1 N–H and O–H groups in total. The second-order valence-corrected chi connectivity index (χ2v) is 9.47. The van der Waals surface area contributed by atoms with Crippen molar-refractivity contribution in [2.45, 2.75) is 27.7 Å². The smallest absolute Gasteiger partial charge is 0.338 e. The zero-order valence-electron chi connectivity index (χ0n) is 24.1. The summed E-state index contributed by atoms with van der Waals surface area (Å²) in [5, 5.41) is 13.5. The van der Waals surface area contributed by atoms with Crippen molar-refractivity contribution in [1.82, 2.24) is 10.2 Å². The average molecular weight is 577 g/mol. The van der Waals surface area contributed by atoms with E-state index in [4.69, 9.17) is 18.9 Å². The predicted octanol–water partition coefficient (Wildman–Crippen LogP) is 5.22. The number of ether oxygens (including phenoxy) is 4. The van der Waals surface area contributed by atoms with Crippen LogP contribution < -0.4 is 29.1 Å². The van der Waals surface area contributed by atoms with Crippen LogP contribution in [0, 0.1) is 5.21 Å². The summed E-state index contributed by atoms with van der Waals surface area (Å²) in [6, 6.07) is 8.13. The molecule has 11 heteroatoms. The molecule has 2 aromatic rings. The fourth-order valence-electron chi connectivity index (χ4n) is 2.86. The van der Waals surface area contributed by atoms with E-state index in [1.807, 2.05) is 0 Å². The number of esters is 4. The maximum atomic E-state index is 13.5. The van der Waals surface area contributed by atoms with Gasteiger partial charge in [-0.15, -0.1) is 0 Å². The maximum Gasteiger partial charge on any atom is 0.338 e. The molecular weight excluding hydrogens is 544 g/mol. The minimum absolute atomic E-state index is 0.00334. The Labute approximate surface area is 243 Å². The Morgan fingerprint density at radius 3 is 1.26 bits per heavy atom. The van der Waals surface area contributed by atoms with E-state index in [1.54, 1.807) is 0 Å². The van der Waals surface area contributed by atoms with Gasteiger partial charge in [0.05, 0.1) is 13.2 Å². The minimum Gasteiger partial charge on any atom is -0.601 e. The molecule has 0 aliphatic heterocycles. The van der Waals surface area contributed by atoms with Crippen molar-refractivity contribution >= 4 is 35.6 Å². The Bertz CT molecular complexity index is 1420. The first-order chi connectivity index (χ1) is 19.5. The highest BCUT2D eigenvalue weighted by atomic mass is 16.6. The zero-order chi connectivity index (χ0) is 31.8. The summed E-state index contributed by atoms with van der Waals surface area (Å²) in [5.41, 5.74) is 3.56. The molecule has 0 fully saturated rings. The number of hydrogen-bond donors (Lipinski definition) is 1. The van der Waals surface area contributed by atoms with Crippen LogP contribution in [0.1, 0.15) is 33.3 Å². The van der Waals surface area contributed by atoms with Crippen molar-refractivity contribution in [1.29, 1.82) is 0 Å². The third-order valence-electron chi connectivity index (χ3n) is 5.09. The highest BCUT2D eigenvalue weighted by Crippen LogP contribution is 2.31. The van der Waals surface area contributed by atoms with Gasteiger partial charge in [-0.05, 0) is 51.5 Å². The van der Waals surface area contributed by atoms with Crippen LogP contribution in [0.3, 0.4) is 0 Å². The number of benzene rings is 2. The van der Waals surface area contributed by atoms with Crippen LogP contribution in [-0.4, -0.2) is 30.9 Å². The fourth-order valence-corrected chi connectivity index (χ4v) is 2.86. The first-order valence-corrected chi connectivity index (χ1v) is 12.3. The van der Waals surface area contributed by atoms with Crippen molar-refractivity contribution in [2.24, 2.45) is 0 Å². The molecule has 0 spiro atoms. The van der Waals surface area contributed by atoms with E-state index in [-0.39, 0.29) is 51.0 Å². The summed E-state index contributed by atoms with van der Waals surface area (Å²) in [4.78, 5) is 48.2. The summed E-state index contributed by atoms with van der Waals surface area (Å²) in [6.07, 6.45) is 2.75. The summed E-state index contributed by atoms with van der Waals surface area (Å²) in [6.45, 7) is 20.0. The number of quaternary nitrogens is 1. The molecule has 1 unspecified atom stereocenters. The van der Waals surface area contributed by atoms with Gasteiger partial charge in [-0.1, -0.05) is 26.3 Å². The largest absolute Gasteiger partial charge is 0.601 e. The molecule has 0 saturated heterocycles. The summed E-state index contributed by atoms with van der Waals surface area (Å²) >= 11 is 0. The van der Waals surface area contributed by atoms with E-state index in [9.17, 15) is 24.4 Å². The molecule has 0 saturated carbocycles. The van der Waals surface area contributed by atoms with Gasteiger partial charge in [-0.25, -0.2) is 29.4 Å². The zero-order valence-corrected chi connectivity index (χ0v) is 24.1. The van der Waals surface area contributed by atoms with Gasteiger partial charge in [0.1, 0.15) is 23.0 Å². The minimum atomic E-state index is -1.26. The molecule has 42 heavy (non-hydrogen) atoms. The lowest BCUT2D eigenvalue weighted by molar-refractivity contribution is -0.131. The quantitative estimate of drug-likeness (QED) is 0.117. The van der Waals surface area contributed by atoms with E-state index in [2.05, 4.69) is 31.7 Å². The van der Waals surface area contributed by atoms with Crippen molar-refractivity contribution in [2.75, 3.05) is 7.05 Å². The van der Waals surface area contributed by atoms with Crippen LogP contribution in [0.5, 0.6) is 23.0 Å². The molecule has 0 amide bonds. The lowest BCUT2D eigenvalue weighted by atomic mass is 10.2. The third-order valence-corrected chi connectivity index (χ3v) is 5.09. The number of hydroxylamine groups is 1. The van der Waals surface area contributed by atoms with Gasteiger partial charge >= 0.3 is 23.9 Å². The fraction of sp³-hybridized carbons (Fsp3) is 0.161. The Kier molecular flexibility index (Phi) is 10.9. The number of nitrogens with zero attached hydrogens (tertiary/aromatic N) is 1. The Hall–Kier alpha value is -5.26. The van der Waals surface area contributed by atoms with Crippen molar-refractivity contribution in [3.05, 3.63) is 102 Å². The van der Waals surface area contributed by atoms with Gasteiger partial charge in [0.2, 0.25) is 0 Å². The highest BCUT2D eigenvalue weighted by molar-refractivity contribution is 5.91. The topological polar surface area (TPSA) is 140 Å².